The number of hydrogen-bond acceptors (Lipinski definition) is 3. The highest BCUT2D eigenvalue weighted by molar-refractivity contribution is 5.49. The number of nitrogens with zero attached hydrogens (tertiary/aromatic N) is 3. The summed E-state index contributed by atoms with van der Waals surface area (Å²) in [6.45, 7) is 1.65. The van der Waals surface area contributed by atoms with Gasteiger partial charge in [-0.2, -0.15) is 5.10 Å². The molecule has 0 aliphatic carbocycles. The molecular formula is C9H15N3O. The Morgan fingerprint density at radius 2 is 2.46 bits per heavy atom. The summed E-state index contributed by atoms with van der Waals surface area (Å²) in [4.78, 5) is 12.2. The van der Waals surface area contributed by atoms with E-state index in [0.717, 1.165) is 19.4 Å². The second kappa shape index (κ2) is 4.77. The zero-order valence-corrected chi connectivity index (χ0v) is 8.10. The molecule has 0 spiro atoms. The van der Waals surface area contributed by atoms with E-state index in [-0.39, 0.29) is 0 Å². The number of rotatable bonds is 5. The molecule has 1 aromatic heterocycles. The zero-order valence-electron chi connectivity index (χ0n) is 8.10. The maximum Gasteiger partial charge on any atom is 0.121 e. The summed E-state index contributed by atoms with van der Waals surface area (Å²) in [5.41, 5.74) is 1.18. The maximum atomic E-state index is 10.1. The average molecular weight is 181 g/mol. The van der Waals surface area contributed by atoms with Crippen LogP contribution < -0.4 is 0 Å². The van der Waals surface area contributed by atoms with E-state index >= 15 is 0 Å². The van der Waals surface area contributed by atoms with Crippen molar-refractivity contribution in [2.45, 2.75) is 13.0 Å². The summed E-state index contributed by atoms with van der Waals surface area (Å²) < 4.78 is 1.78. The van der Waals surface area contributed by atoms with Gasteiger partial charge in [0.2, 0.25) is 0 Å². The molecule has 0 fully saturated rings. The molecule has 0 aliphatic heterocycles. The lowest BCUT2D eigenvalue weighted by Gasteiger charge is -2.12. The summed E-state index contributed by atoms with van der Waals surface area (Å²) >= 11 is 0. The molecule has 0 N–H and O–H groups in total. The van der Waals surface area contributed by atoms with Crippen LogP contribution in [0, 0.1) is 0 Å². The number of aryl methyl sites for hydroxylation is 1. The van der Waals surface area contributed by atoms with Crippen LogP contribution in [0.1, 0.15) is 12.0 Å². The third-order valence-corrected chi connectivity index (χ3v) is 1.84. The van der Waals surface area contributed by atoms with E-state index in [1.54, 1.807) is 4.68 Å². The van der Waals surface area contributed by atoms with E-state index in [9.17, 15) is 4.79 Å². The fourth-order valence-electron chi connectivity index (χ4n) is 1.22. The molecule has 4 nitrogen and oxygen atoms in total. The Morgan fingerprint density at radius 3 is 3.00 bits per heavy atom. The molecule has 0 saturated carbocycles. The van der Waals surface area contributed by atoms with Crippen molar-refractivity contribution in [3.8, 4) is 0 Å². The minimum atomic E-state index is 0.594. The van der Waals surface area contributed by atoms with E-state index in [2.05, 4.69) is 10.00 Å². The summed E-state index contributed by atoms with van der Waals surface area (Å²) in [7, 11) is 3.89. The van der Waals surface area contributed by atoms with Crippen molar-refractivity contribution >= 4 is 6.29 Å². The van der Waals surface area contributed by atoms with Gasteiger partial charge in [0.1, 0.15) is 6.29 Å². The highest BCUT2D eigenvalue weighted by Gasteiger charge is 2.00. The smallest absolute Gasteiger partial charge is 0.121 e. The van der Waals surface area contributed by atoms with Crippen LogP contribution in [0.4, 0.5) is 0 Å². The molecule has 1 rings (SSSR count). The zero-order chi connectivity index (χ0) is 9.68. The van der Waals surface area contributed by atoms with Gasteiger partial charge in [0.15, 0.2) is 0 Å². The number of carbonyl (C=O) groups is 1. The highest BCUT2D eigenvalue weighted by Crippen LogP contribution is 2.00. The lowest BCUT2D eigenvalue weighted by molar-refractivity contribution is -0.108. The van der Waals surface area contributed by atoms with Gasteiger partial charge in [0.05, 0.1) is 6.20 Å². The molecule has 72 valence electrons. The van der Waals surface area contributed by atoms with Crippen LogP contribution in [-0.2, 0) is 18.4 Å². The Balaban J connectivity index is 2.35. The quantitative estimate of drug-likeness (QED) is 0.619. The van der Waals surface area contributed by atoms with Crippen LogP contribution in [0.2, 0.25) is 0 Å². The monoisotopic (exact) mass is 181 g/mol. The van der Waals surface area contributed by atoms with Crippen LogP contribution in [0.5, 0.6) is 0 Å². The van der Waals surface area contributed by atoms with Crippen molar-refractivity contribution in [3.05, 3.63) is 18.0 Å². The van der Waals surface area contributed by atoms with Gasteiger partial charge >= 0.3 is 0 Å². The minimum absolute atomic E-state index is 0.594. The Bertz CT molecular complexity index is 270. The number of aldehydes is 1. The Hall–Kier alpha value is -1.16. The Kier molecular flexibility index (Phi) is 3.64. The minimum Gasteiger partial charge on any atom is -0.303 e. The van der Waals surface area contributed by atoms with Crippen molar-refractivity contribution in [2.24, 2.45) is 7.05 Å². The number of aromatic nitrogens is 2. The van der Waals surface area contributed by atoms with Crippen molar-refractivity contribution in [3.63, 3.8) is 0 Å². The molecule has 0 radical (unpaired) electrons. The fraction of sp³-hybridized carbons (Fsp3) is 0.556. The lowest BCUT2D eigenvalue weighted by atomic mass is 10.3. The second-order valence-electron chi connectivity index (χ2n) is 3.22. The SMILES string of the molecule is CN(CCC=O)Cc1cnn(C)c1. The molecule has 0 unspecified atom stereocenters. The molecule has 0 saturated heterocycles. The summed E-state index contributed by atoms with van der Waals surface area (Å²) in [5, 5.41) is 4.07. The molecule has 0 bridgehead atoms. The van der Waals surface area contributed by atoms with Crippen molar-refractivity contribution < 1.29 is 4.79 Å². The van der Waals surface area contributed by atoms with Gasteiger partial charge in [-0.1, -0.05) is 0 Å². The van der Waals surface area contributed by atoms with E-state index in [4.69, 9.17) is 0 Å². The van der Waals surface area contributed by atoms with Crippen LogP contribution in [0.25, 0.3) is 0 Å². The van der Waals surface area contributed by atoms with Crippen LogP contribution in [0.15, 0.2) is 12.4 Å². The van der Waals surface area contributed by atoms with Crippen LogP contribution in [0.3, 0.4) is 0 Å². The fourth-order valence-corrected chi connectivity index (χ4v) is 1.22. The Morgan fingerprint density at radius 1 is 1.69 bits per heavy atom. The van der Waals surface area contributed by atoms with Gasteiger partial charge in [0.25, 0.3) is 0 Å². The predicted octanol–water partition coefficient (Wildman–Crippen LogP) is 0.441. The topological polar surface area (TPSA) is 38.1 Å². The number of hydrogen-bond donors (Lipinski definition) is 0. The van der Waals surface area contributed by atoms with Crippen LogP contribution in [-0.4, -0.2) is 34.6 Å². The summed E-state index contributed by atoms with van der Waals surface area (Å²) in [6.07, 6.45) is 5.37. The van der Waals surface area contributed by atoms with E-state index in [0.29, 0.717) is 6.42 Å². The largest absolute Gasteiger partial charge is 0.303 e. The number of carbonyl (C=O) groups excluding carboxylic acids is 1. The third kappa shape index (κ3) is 3.38. The average Bonchev–Trinajstić information content (AvgIpc) is 2.48. The molecule has 0 aliphatic rings. The molecule has 4 heteroatoms. The van der Waals surface area contributed by atoms with Gasteiger partial charge in [-0.05, 0) is 7.05 Å². The van der Waals surface area contributed by atoms with Gasteiger partial charge in [-0.25, -0.2) is 0 Å². The van der Waals surface area contributed by atoms with Crippen molar-refractivity contribution in [1.29, 1.82) is 0 Å². The second-order valence-corrected chi connectivity index (χ2v) is 3.22. The highest BCUT2D eigenvalue weighted by atomic mass is 16.1. The summed E-state index contributed by atoms with van der Waals surface area (Å²) in [6, 6.07) is 0. The standard InChI is InChI=1S/C9H15N3O/c1-11(4-3-5-13)7-9-6-10-12(2)8-9/h5-6,8H,3-4,7H2,1-2H3. The van der Waals surface area contributed by atoms with Gasteiger partial charge in [-0.3, -0.25) is 4.68 Å². The normalized spacial score (nSPS) is 10.7. The maximum absolute atomic E-state index is 10.1. The Labute approximate surface area is 78.1 Å². The molecule has 1 aromatic rings. The first-order chi connectivity index (χ1) is 6.22. The first kappa shape index (κ1) is 9.92. The molecule has 0 amide bonds. The predicted molar refractivity (Wildman–Crippen MR) is 50.2 cm³/mol. The van der Waals surface area contributed by atoms with E-state index in [1.165, 1.54) is 5.56 Å². The van der Waals surface area contributed by atoms with Gasteiger partial charge < -0.3 is 9.69 Å². The third-order valence-electron chi connectivity index (χ3n) is 1.84. The van der Waals surface area contributed by atoms with Gasteiger partial charge in [-0.15, -0.1) is 0 Å². The first-order valence-electron chi connectivity index (χ1n) is 4.32. The molecule has 13 heavy (non-hydrogen) atoms. The van der Waals surface area contributed by atoms with Crippen molar-refractivity contribution in [1.82, 2.24) is 14.7 Å². The molecule has 1 heterocycles. The molecule has 0 aromatic carbocycles. The van der Waals surface area contributed by atoms with Crippen molar-refractivity contribution in [2.75, 3.05) is 13.6 Å². The molecular weight excluding hydrogens is 166 g/mol. The van der Waals surface area contributed by atoms with E-state index in [1.807, 2.05) is 26.5 Å². The molecule has 0 atom stereocenters. The summed E-state index contributed by atoms with van der Waals surface area (Å²) in [5.74, 6) is 0. The lowest BCUT2D eigenvalue weighted by Crippen LogP contribution is -2.18. The van der Waals surface area contributed by atoms with Crippen LogP contribution >= 0.6 is 0 Å². The first-order valence-corrected chi connectivity index (χ1v) is 4.32. The van der Waals surface area contributed by atoms with E-state index < -0.39 is 0 Å². The van der Waals surface area contributed by atoms with Gasteiger partial charge in [0, 0.05) is 38.3 Å².